The topological polar surface area (TPSA) is 127 Å². The molecule has 10 heteroatoms. The minimum atomic E-state index is -1.18. The van der Waals surface area contributed by atoms with Gasteiger partial charge in [-0.25, -0.2) is 4.79 Å². The predicted molar refractivity (Wildman–Crippen MR) is 116 cm³/mol. The van der Waals surface area contributed by atoms with Crippen LogP contribution in [0.2, 0.25) is 5.02 Å². The molecule has 0 saturated carbocycles. The van der Waals surface area contributed by atoms with E-state index in [0.717, 1.165) is 0 Å². The number of rotatable bonds is 10. The van der Waals surface area contributed by atoms with E-state index in [4.69, 9.17) is 35.7 Å². The van der Waals surface area contributed by atoms with Crippen LogP contribution in [-0.2, 0) is 16.1 Å². The molecule has 9 nitrogen and oxygen atoms in total. The van der Waals surface area contributed by atoms with Crippen molar-refractivity contribution in [2.24, 2.45) is 0 Å². The summed E-state index contributed by atoms with van der Waals surface area (Å²) in [6, 6.07) is 9.91. The van der Waals surface area contributed by atoms with Crippen LogP contribution in [0.25, 0.3) is 6.08 Å². The molecule has 0 radical (unpaired) electrons. The second-order valence-corrected chi connectivity index (χ2v) is 6.65. The first-order valence-corrected chi connectivity index (χ1v) is 9.53. The molecule has 0 aliphatic heterocycles. The monoisotopic (exact) mass is 460 g/mol. The maximum atomic E-state index is 12.5. The van der Waals surface area contributed by atoms with Crippen LogP contribution in [0.5, 0.6) is 23.0 Å². The van der Waals surface area contributed by atoms with E-state index >= 15 is 0 Å². The first-order valence-electron chi connectivity index (χ1n) is 9.16. The van der Waals surface area contributed by atoms with Crippen LogP contribution in [0.15, 0.2) is 35.9 Å². The van der Waals surface area contributed by atoms with Gasteiger partial charge >= 0.3 is 5.97 Å². The second-order valence-electron chi connectivity index (χ2n) is 6.25. The van der Waals surface area contributed by atoms with Crippen LogP contribution < -0.4 is 24.3 Å². The van der Waals surface area contributed by atoms with Crippen LogP contribution >= 0.6 is 11.6 Å². The van der Waals surface area contributed by atoms with Crippen LogP contribution in [0.1, 0.15) is 11.1 Å². The maximum absolute atomic E-state index is 12.5. The number of nitriles is 1. The molecular weight excluding hydrogens is 440 g/mol. The predicted octanol–water partition coefficient (Wildman–Crippen LogP) is 3.05. The fourth-order valence-corrected chi connectivity index (χ4v) is 2.95. The van der Waals surface area contributed by atoms with Gasteiger partial charge in [0.05, 0.1) is 26.4 Å². The van der Waals surface area contributed by atoms with Gasteiger partial charge < -0.3 is 29.4 Å². The quantitative estimate of drug-likeness (QED) is 0.409. The zero-order chi connectivity index (χ0) is 23.7. The largest absolute Gasteiger partial charge is 0.497 e. The number of benzene rings is 2. The number of hydrogen-bond acceptors (Lipinski definition) is 7. The van der Waals surface area contributed by atoms with Crippen molar-refractivity contribution in [1.82, 2.24) is 5.32 Å². The van der Waals surface area contributed by atoms with Gasteiger partial charge in [0.25, 0.3) is 5.91 Å². The van der Waals surface area contributed by atoms with E-state index in [-0.39, 0.29) is 28.6 Å². The van der Waals surface area contributed by atoms with Gasteiger partial charge in [0.15, 0.2) is 18.1 Å². The van der Waals surface area contributed by atoms with Gasteiger partial charge in [0.1, 0.15) is 23.1 Å². The van der Waals surface area contributed by atoms with Crippen molar-refractivity contribution in [2.45, 2.75) is 6.54 Å². The second kappa shape index (κ2) is 11.5. The molecule has 0 aliphatic carbocycles. The Hall–Kier alpha value is -3.90. The van der Waals surface area contributed by atoms with Crippen molar-refractivity contribution in [3.05, 3.63) is 52.1 Å². The summed E-state index contributed by atoms with van der Waals surface area (Å²) in [6.45, 7) is -0.483. The molecule has 2 aromatic rings. The van der Waals surface area contributed by atoms with Crippen LogP contribution in [0.3, 0.4) is 0 Å². The van der Waals surface area contributed by atoms with E-state index in [1.165, 1.54) is 39.5 Å². The van der Waals surface area contributed by atoms with Gasteiger partial charge in [0.2, 0.25) is 0 Å². The minimum absolute atomic E-state index is 0.0447. The van der Waals surface area contributed by atoms with Crippen molar-refractivity contribution < 1.29 is 33.6 Å². The molecule has 0 bridgehead atoms. The molecule has 0 aromatic heterocycles. The number of carboxylic acids is 1. The maximum Gasteiger partial charge on any atom is 0.341 e. The van der Waals surface area contributed by atoms with Gasteiger partial charge in [0, 0.05) is 18.2 Å². The Morgan fingerprint density at radius 1 is 1.12 bits per heavy atom. The molecule has 0 fully saturated rings. The number of aliphatic carboxylic acids is 1. The number of ether oxygens (including phenoxy) is 4. The molecule has 0 atom stereocenters. The van der Waals surface area contributed by atoms with E-state index in [1.54, 1.807) is 18.2 Å². The normalized spacial score (nSPS) is 10.7. The molecule has 2 N–H and O–H groups in total. The number of nitrogens with one attached hydrogen (secondary N) is 1. The SMILES string of the molecule is COc1ccc(CNC(=O)/C(C#N)=C/c2cc(Cl)c(OCC(=O)O)c(OC)c2)c(OC)c1. The fraction of sp³-hybridized carbons (Fsp3) is 0.227. The molecule has 2 aromatic carbocycles. The van der Waals surface area contributed by atoms with Crippen LogP contribution in [0, 0.1) is 11.3 Å². The third-order valence-corrected chi connectivity index (χ3v) is 4.48. The Morgan fingerprint density at radius 3 is 2.44 bits per heavy atom. The summed E-state index contributed by atoms with van der Waals surface area (Å²) in [4.78, 5) is 23.3. The highest BCUT2D eigenvalue weighted by atomic mass is 35.5. The molecule has 1 amide bonds. The smallest absolute Gasteiger partial charge is 0.341 e. The third kappa shape index (κ3) is 6.30. The molecular formula is C22H21ClN2O7. The zero-order valence-corrected chi connectivity index (χ0v) is 18.4. The number of hydrogen-bond donors (Lipinski definition) is 2. The Bertz CT molecular complexity index is 1080. The lowest BCUT2D eigenvalue weighted by Crippen LogP contribution is -2.24. The van der Waals surface area contributed by atoms with Gasteiger partial charge in [-0.3, -0.25) is 4.79 Å². The Labute approximate surface area is 189 Å². The number of carboxylic acid groups (broad SMARTS) is 1. The minimum Gasteiger partial charge on any atom is -0.497 e. The summed E-state index contributed by atoms with van der Waals surface area (Å²) in [6.07, 6.45) is 1.33. The van der Waals surface area contributed by atoms with Crippen LogP contribution in [-0.4, -0.2) is 44.9 Å². The lowest BCUT2D eigenvalue weighted by molar-refractivity contribution is -0.139. The number of halogens is 1. The molecule has 2 rings (SSSR count). The molecule has 0 saturated heterocycles. The highest BCUT2D eigenvalue weighted by Gasteiger charge is 2.15. The van der Waals surface area contributed by atoms with Gasteiger partial charge in [-0.2, -0.15) is 5.26 Å². The van der Waals surface area contributed by atoms with E-state index in [2.05, 4.69) is 5.32 Å². The summed E-state index contributed by atoms with van der Waals surface area (Å²) >= 11 is 6.17. The molecule has 0 spiro atoms. The third-order valence-electron chi connectivity index (χ3n) is 4.20. The molecule has 0 aliphatic rings. The molecule has 168 valence electrons. The van der Waals surface area contributed by atoms with Crippen molar-refractivity contribution in [3.63, 3.8) is 0 Å². The van der Waals surface area contributed by atoms with E-state index in [9.17, 15) is 14.9 Å². The van der Waals surface area contributed by atoms with E-state index in [1.807, 2.05) is 6.07 Å². The number of amides is 1. The number of carbonyl (C=O) groups excluding carboxylic acids is 1. The Balaban J connectivity index is 2.22. The zero-order valence-electron chi connectivity index (χ0n) is 17.6. The van der Waals surface area contributed by atoms with Crippen molar-refractivity contribution in [3.8, 4) is 29.1 Å². The lowest BCUT2D eigenvalue weighted by Gasteiger charge is -2.12. The summed E-state index contributed by atoms with van der Waals surface area (Å²) in [5, 5.41) is 21.0. The van der Waals surface area contributed by atoms with Crippen molar-refractivity contribution in [1.29, 1.82) is 5.26 Å². The summed E-state index contributed by atoms with van der Waals surface area (Å²) < 4.78 is 20.8. The summed E-state index contributed by atoms with van der Waals surface area (Å²) in [5.41, 5.74) is 0.918. The number of nitrogens with zero attached hydrogens (tertiary/aromatic N) is 1. The lowest BCUT2D eigenvalue weighted by atomic mass is 10.1. The van der Waals surface area contributed by atoms with Crippen molar-refractivity contribution >= 4 is 29.6 Å². The van der Waals surface area contributed by atoms with E-state index < -0.39 is 18.5 Å². The van der Waals surface area contributed by atoms with Crippen LogP contribution in [0.4, 0.5) is 0 Å². The van der Waals surface area contributed by atoms with Gasteiger partial charge in [-0.05, 0) is 35.9 Å². The summed E-state index contributed by atoms with van der Waals surface area (Å²) in [5.74, 6) is -0.443. The number of methoxy groups -OCH3 is 3. The Kier molecular flexibility index (Phi) is 8.74. The average molecular weight is 461 g/mol. The molecule has 0 unspecified atom stereocenters. The van der Waals surface area contributed by atoms with Crippen molar-refractivity contribution in [2.75, 3.05) is 27.9 Å². The first-order chi connectivity index (χ1) is 15.3. The van der Waals surface area contributed by atoms with Gasteiger partial charge in [-0.15, -0.1) is 0 Å². The highest BCUT2D eigenvalue weighted by molar-refractivity contribution is 6.32. The van der Waals surface area contributed by atoms with E-state index in [0.29, 0.717) is 22.6 Å². The molecule has 32 heavy (non-hydrogen) atoms. The molecule has 0 heterocycles. The highest BCUT2D eigenvalue weighted by Crippen LogP contribution is 2.37. The first kappa shape index (κ1) is 24.4. The van der Waals surface area contributed by atoms with Gasteiger partial charge in [-0.1, -0.05) is 11.6 Å². The Morgan fingerprint density at radius 2 is 1.84 bits per heavy atom. The summed E-state index contributed by atoms with van der Waals surface area (Å²) in [7, 11) is 4.39. The number of carbonyl (C=O) groups is 2. The average Bonchev–Trinajstić information content (AvgIpc) is 2.79. The standard InChI is InChI=1S/C22H21ClN2O7/c1-29-16-5-4-14(18(9-16)30-2)11-25-22(28)15(10-24)6-13-7-17(23)21(19(8-13)31-3)32-12-20(26)27/h4-9H,11-12H2,1-3H3,(H,25,28)(H,26,27)/b15-6+. The fourth-order valence-electron chi connectivity index (χ4n) is 2.68.